The highest BCUT2D eigenvalue weighted by molar-refractivity contribution is 9.10. The number of fused-ring (bicyclic) bond motifs is 1. The molecule has 0 atom stereocenters. The third-order valence-electron chi connectivity index (χ3n) is 3.64. The van der Waals surface area contributed by atoms with E-state index in [9.17, 15) is 4.79 Å². The van der Waals surface area contributed by atoms with Gasteiger partial charge in [0.05, 0.1) is 10.2 Å². The van der Waals surface area contributed by atoms with Crippen molar-refractivity contribution in [3.05, 3.63) is 44.9 Å². The molecular formula is C17H16BrClN4O2S. The summed E-state index contributed by atoms with van der Waals surface area (Å²) in [6, 6.07) is 7.25. The Hall–Kier alpha value is -1.87. The van der Waals surface area contributed by atoms with Gasteiger partial charge in [0, 0.05) is 15.2 Å². The Kier molecular flexibility index (Phi) is 5.67. The molecule has 0 radical (unpaired) electrons. The first-order valence-corrected chi connectivity index (χ1v) is 9.62. The fourth-order valence-electron chi connectivity index (χ4n) is 2.46. The molecule has 0 aliphatic heterocycles. The molecule has 1 amide bonds. The Balaban J connectivity index is 1.69. The number of ether oxygens (including phenoxy) is 1. The number of halogens is 2. The van der Waals surface area contributed by atoms with Crippen molar-refractivity contribution in [2.75, 3.05) is 17.3 Å². The summed E-state index contributed by atoms with van der Waals surface area (Å²) >= 11 is 11.0. The van der Waals surface area contributed by atoms with Crippen molar-refractivity contribution in [3.63, 3.8) is 0 Å². The number of nitrogens with two attached hydrogens (primary N) is 1. The molecule has 3 aromatic rings. The van der Waals surface area contributed by atoms with Crippen LogP contribution in [0.2, 0.25) is 5.02 Å². The molecular weight excluding hydrogens is 440 g/mol. The van der Waals surface area contributed by atoms with Crippen molar-refractivity contribution in [1.82, 2.24) is 4.98 Å². The molecule has 26 heavy (non-hydrogen) atoms. The number of carbonyl (C=O) groups excluding carboxylic acids is 1. The van der Waals surface area contributed by atoms with Crippen molar-refractivity contribution >= 4 is 65.8 Å². The lowest BCUT2D eigenvalue weighted by Gasteiger charge is -2.10. The quantitative estimate of drug-likeness (QED) is 0.385. The van der Waals surface area contributed by atoms with Gasteiger partial charge in [0.25, 0.3) is 5.91 Å². The summed E-state index contributed by atoms with van der Waals surface area (Å²) < 4.78 is 7.24. The third kappa shape index (κ3) is 4.09. The number of carbonyl (C=O) groups is 1. The zero-order valence-electron chi connectivity index (χ0n) is 14.0. The molecule has 1 aromatic heterocycles. The van der Waals surface area contributed by atoms with E-state index in [0.29, 0.717) is 21.6 Å². The summed E-state index contributed by atoms with van der Waals surface area (Å²) in [4.78, 5) is 16.5. The summed E-state index contributed by atoms with van der Waals surface area (Å²) in [7, 11) is 0. The molecule has 1 heterocycles. The van der Waals surface area contributed by atoms with Gasteiger partial charge in [0.15, 0.2) is 11.7 Å². The van der Waals surface area contributed by atoms with Crippen molar-refractivity contribution in [3.8, 4) is 5.75 Å². The van der Waals surface area contributed by atoms with E-state index in [1.165, 1.54) is 11.3 Å². The second kappa shape index (κ2) is 7.79. The highest BCUT2D eigenvalue weighted by atomic mass is 79.9. The predicted molar refractivity (Wildman–Crippen MR) is 110 cm³/mol. The van der Waals surface area contributed by atoms with Crippen LogP contribution in [0.1, 0.15) is 11.1 Å². The minimum absolute atomic E-state index is 0.103. The first-order chi connectivity index (χ1) is 12.4. The topological polar surface area (TPSA) is 89.3 Å². The van der Waals surface area contributed by atoms with Crippen LogP contribution in [-0.4, -0.2) is 17.5 Å². The number of hydrogen-bond donors (Lipinski definition) is 3. The molecule has 2 aromatic carbocycles. The first-order valence-electron chi connectivity index (χ1n) is 7.63. The number of anilines is 2. The molecule has 0 fully saturated rings. The SMILES string of the molecule is Cc1cc(OCC(=O)Nc2cc(Br)c3nc(NN)sc3c2)cc(C)c1Cl. The van der Waals surface area contributed by atoms with E-state index in [2.05, 4.69) is 31.7 Å². The highest BCUT2D eigenvalue weighted by Gasteiger charge is 2.11. The number of hydrogen-bond acceptors (Lipinski definition) is 6. The normalized spacial score (nSPS) is 10.8. The molecule has 0 spiro atoms. The standard InChI is InChI=1S/C17H16BrClN4O2S/c1-8-3-11(4-9(2)15(8)19)25-7-14(24)21-10-5-12(18)16-13(6-10)26-17(22-16)23-20/h3-6H,7,20H2,1-2H3,(H,21,24)(H,22,23). The summed E-state index contributed by atoms with van der Waals surface area (Å²) in [5.74, 6) is 5.74. The Labute approximate surface area is 167 Å². The molecule has 6 nitrogen and oxygen atoms in total. The van der Waals surface area contributed by atoms with E-state index < -0.39 is 0 Å². The number of nitrogens with one attached hydrogen (secondary N) is 2. The summed E-state index contributed by atoms with van der Waals surface area (Å²) in [5, 5.41) is 4.12. The number of amides is 1. The first kappa shape index (κ1) is 18.9. The molecule has 0 unspecified atom stereocenters. The van der Waals surface area contributed by atoms with Gasteiger partial charge in [-0.3, -0.25) is 10.2 Å². The third-order valence-corrected chi connectivity index (χ3v) is 5.77. The Morgan fingerprint density at radius 3 is 2.65 bits per heavy atom. The van der Waals surface area contributed by atoms with E-state index >= 15 is 0 Å². The molecule has 0 saturated carbocycles. The number of rotatable bonds is 5. The highest BCUT2D eigenvalue weighted by Crippen LogP contribution is 2.33. The average molecular weight is 456 g/mol. The number of aromatic nitrogens is 1. The molecule has 9 heteroatoms. The average Bonchev–Trinajstić information content (AvgIpc) is 3.01. The monoisotopic (exact) mass is 454 g/mol. The molecule has 0 aliphatic carbocycles. The fourth-order valence-corrected chi connectivity index (χ4v) is 4.09. The van der Waals surface area contributed by atoms with E-state index in [-0.39, 0.29) is 12.5 Å². The Bertz CT molecular complexity index is 969. The van der Waals surface area contributed by atoms with Crippen LogP contribution in [0.25, 0.3) is 10.2 Å². The Morgan fingerprint density at radius 1 is 1.31 bits per heavy atom. The van der Waals surface area contributed by atoms with Gasteiger partial charge in [-0.25, -0.2) is 10.8 Å². The largest absolute Gasteiger partial charge is 0.484 e. The summed E-state index contributed by atoms with van der Waals surface area (Å²) in [6.07, 6.45) is 0. The molecule has 0 saturated heterocycles. The van der Waals surface area contributed by atoms with Gasteiger partial charge in [-0.1, -0.05) is 22.9 Å². The lowest BCUT2D eigenvalue weighted by atomic mass is 10.1. The molecule has 0 aliphatic rings. The van der Waals surface area contributed by atoms with Crippen LogP contribution in [0, 0.1) is 13.8 Å². The van der Waals surface area contributed by atoms with E-state index in [0.717, 1.165) is 25.8 Å². The summed E-state index contributed by atoms with van der Waals surface area (Å²) in [6.45, 7) is 3.69. The summed E-state index contributed by atoms with van der Waals surface area (Å²) in [5.41, 5.74) is 5.77. The molecule has 4 N–H and O–H groups in total. The molecule has 136 valence electrons. The van der Waals surface area contributed by atoms with Gasteiger partial charge < -0.3 is 10.1 Å². The van der Waals surface area contributed by atoms with Gasteiger partial charge in [-0.15, -0.1) is 0 Å². The van der Waals surface area contributed by atoms with Crippen LogP contribution in [0.4, 0.5) is 10.8 Å². The Morgan fingerprint density at radius 2 is 2.00 bits per heavy atom. The molecule has 3 rings (SSSR count). The van der Waals surface area contributed by atoms with Gasteiger partial charge in [0.2, 0.25) is 0 Å². The number of thiazole rings is 1. The zero-order valence-corrected chi connectivity index (χ0v) is 17.2. The van der Waals surface area contributed by atoms with Gasteiger partial charge in [0.1, 0.15) is 5.75 Å². The van der Waals surface area contributed by atoms with Crippen LogP contribution >= 0.6 is 38.9 Å². The van der Waals surface area contributed by atoms with E-state index in [1.54, 1.807) is 6.07 Å². The maximum Gasteiger partial charge on any atom is 0.262 e. The number of nitrogen functional groups attached to an aromatic ring is 1. The van der Waals surface area contributed by atoms with E-state index in [1.807, 2.05) is 32.0 Å². The molecule has 0 bridgehead atoms. The van der Waals surface area contributed by atoms with E-state index in [4.69, 9.17) is 22.2 Å². The lowest BCUT2D eigenvalue weighted by molar-refractivity contribution is -0.118. The number of benzene rings is 2. The smallest absolute Gasteiger partial charge is 0.262 e. The predicted octanol–water partition coefficient (Wildman–Crippen LogP) is 4.63. The van der Waals surface area contributed by atoms with Crippen LogP contribution in [0.5, 0.6) is 5.75 Å². The maximum atomic E-state index is 12.2. The second-order valence-corrected chi connectivity index (χ2v) is 7.94. The number of hydrazine groups is 1. The minimum Gasteiger partial charge on any atom is -0.484 e. The van der Waals surface area contributed by atoms with Gasteiger partial charge in [-0.05, 0) is 65.2 Å². The maximum absolute atomic E-state index is 12.2. The second-order valence-electron chi connectivity index (χ2n) is 5.68. The van der Waals surface area contributed by atoms with Crippen molar-refractivity contribution in [2.45, 2.75) is 13.8 Å². The van der Waals surface area contributed by atoms with Crippen molar-refractivity contribution in [1.29, 1.82) is 0 Å². The zero-order chi connectivity index (χ0) is 18.8. The number of nitrogens with zero attached hydrogens (tertiary/aromatic N) is 1. The van der Waals surface area contributed by atoms with Gasteiger partial charge >= 0.3 is 0 Å². The van der Waals surface area contributed by atoms with Crippen LogP contribution < -0.4 is 21.3 Å². The lowest BCUT2D eigenvalue weighted by Crippen LogP contribution is -2.20. The van der Waals surface area contributed by atoms with Crippen LogP contribution in [0.15, 0.2) is 28.7 Å². The van der Waals surface area contributed by atoms with Gasteiger partial charge in [-0.2, -0.15) is 0 Å². The van der Waals surface area contributed by atoms with Crippen LogP contribution in [0.3, 0.4) is 0 Å². The van der Waals surface area contributed by atoms with Crippen LogP contribution in [-0.2, 0) is 4.79 Å². The minimum atomic E-state index is -0.261. The number of aryl methyl sites for hydroxylation is 2. The van der Waals surface area contributed by atoms with Crippen molar-refractivity contribution < 1.29 is 9.53 Å². The van der Waals surface area contributed by atoms with Crippen molar-refractivity contribution in [2.24, 2.45) is 5.84 Å². The fraction of sp³-hybridized carbons (Fsp3) is 0.176.